The maximum atomic E-state index is 6.82. The average molecular weight is 781 g/mol. The summed E-state index contributed by atoms with van der Waals surface area (Å²) in [6.45, 7) is 19.4. The summed E-state index contributed by atoms with van der Waals surface area (Å²) >= 11 is 0. The highest BCUT2D eigenvalue weighted by Gasteiger charge is 2.63. The molecule has 1 fully saturated rings. The molecule has 0 N–H and O–H groups in total. The van der Waals surface area contributed by atoms with Gasteiger partial charge in [0.2, 0.25) is 0 Å². The van der Waals surface area contributed by atoms with E-state index in [-0.39, 0.29) is 28.6 Å². The highest BCUT2D eigenvalue weighted by molar-refractivity contribution is 6.95. The molecule has 4 aliphatic rings. The number of para-hydroxylation sites is 1. The van der Waals surface area contributed by atoms with E-state index in [9.17, 15) is 0 Å². The smallest absolute Gasteiger partial charge is 0.329 e. The monoisotopic (exact) mass is 780 g/mol. The van der Waals surface area contributed by atoms with Gasteiger partial charge in [0, 0.05) is 49.9 Å². The molecule has 3 aliphatic heterocycles. The summed E-state index contributed by atoms with van der Waals surface area (Å²) in [6.07, 6.45) is 4.84. The van der Waals surface area contributed by atoms with Crippen LogP contribution in [0.15, 0.2) is 132 Å². The second kappa shape index (κ2) is 12.0. The lowest BCUT2D eigenvalue weighted by atomic mass is 9.41. The van der Waals surface area contributed by atoms with Gasteiger partial charge in [-0.25, -0.2) is 0 Å². The largest absolute Gasteiger partial charge is 0.456 e. The summed E-state index contributed by atoms with van der Waals surface area (Å²) in [4.78, 5) is 5.62. The topological polar surface area (TPSA) is 19.6 Å². The van der Waals surface area contributed by atoms with E-state index in [4.69, 9.17) is 4.42 Å². The number of hydrogen-bond acceptors (Lipinski definition) is 3. The minimum Gasteiger partial charge on any atom is -0.456 e. The Morgan fingerprint density at radius 3 is 2.05 bits per heavy atom. The highest BCUT2D eigenvalue weighted by atomic mass is 16.3. The number of benzene rings is 7. The zero-order valence-electron chi connectivity index (χ0n) is 36.3. The van der Waals surface area contributed by atoms with E-state index in [1.54, 1.807) is 5.56 Å². The van der Waals surface area contributed by atoms with Crippen LogP contribution in [0.2, 0.25) is 0 Å². The van der Waals surface area contributed by atoms with Crippen molar-refractivity contribution in [1.82, 2.24) is 0 Å². The van der Waals surface area contributed by atoms with Gasteiger partial charge >= 0.3 is 6.85 Å². The second-order valence-electron chi connectivity index (χ2n) is 20.8. The standard InChI is InChI=1S/C56H53BN2O/c1-53(2,3)36-24-25-43(40(31-36)34-18-10-9-11-19-34)58-44-26-27-47-49(39-22-14-15-23-46(39)60-47)50(44)57-51-45(58)30-35-20-12-13-21-38(35)48(51)41-32-37(54(4,5)6)33-42-52(41)59(57)56(8)29-17-16-28-55(42,56)7/h9-15,18-27,30-33H,16-17,28-29H2,1-8H3. The van der Waals surface area contributed by atoms with Gasteiger partial charge in [0.1, 0.15) is 11.2 Å². The summed E-state index contributed by atoms with van der Waals surface area (Å²) in [7, 11) is 0. The zero-order valence-corrected chi connectivity index (χ0v) is 36.3. The number of hydrogen-bond donors (Lipinski definition) is 0. The van der Waals surface area contributed by atoms with Gasteiger partial charge in [-0.05, 0) is 123 Å². The first-order valence-corrected chi connectivity index (χ1v) is 22.3. The van der Waals surface area contributed by atoms with Gasteiger partial charge in [-0.1, -0.05) is 146 Å². The van der Waals surface area contributed by atoms with E-state index in [0.29, 0.717) is 0 Å². The Balaban J connectivity index is 1.30. The normalized spacial score (nSPS) is 20.4. The Labute approximate surface area is 355 Å². The van der Waals surface area contributed by atoms with Crippen molar-refractivity contribution in [3.8, 4) is 22.3 Å². The lowest BCUT2D eigenvalue weighted by Gasteiger charge is -2.55. The second-order valence-corrected chi connectivity index (χ2v) is 20.8. The molecule has 4 heterocycles. The van der Waals surface area contributed by atoms with Gasteiger partial charge in [-0.15, -0.1) is 0 Å². The van der Waals surface area contributed by atoms with Crippen LogP contribution in [0.3, 0.4) is 0 Å². The predicted molar refractivity (Wildman–Crippen MR) is 256 cm³/mol. The van der Waals surface area contributed by atoms with Crippen molar-refractivity contribution in [1.29, 1.82) is 0 Å². The zero-order chi connectivity index (χ0) is 41.1. The molecule has 0 amide bonds. The molecule has 1 saturated carbocycles. The van der Waals surface area contributed by atoms with Crippen LogP contribution >= 0.6 is 0 Å². The number of anilines is 4. The van der Waals surface area contributed by atoms with Crippen LogP contribution in [0.4, 0.5) is 22.7 Å². The minimum atomic E-state index is -0.102. The number of nitrogens with zero attached hydrogens (tertiary/aromatic N) is 2. The summed E-state index contributed by atoms with van der Waals surface area (Å²) in [5.41, 5.74) is 19.3. The fourth-order valence-corrected chi connectivity index (χ4v) is 12.1. The van der Waals surface area contributed by atoms with Crippen LogP contribution in [0.25, 0.3) is 55.0 Å². The maximum Gasteiger partial charge on any atom is 0.329 e. The van der Waals surface area contributed by atoms with Gasteiger partial charge in [-0.2, -0.15) is 0 Å². The van der Waals surface area contributed by atoms with E-state index < -0.39 is 0 Å². The molecule has 0 bridgehead atoms. The summed E-state index contributed by atoms with van der Waals surface area (Å²) < 4.78 is 6.82. The molecular formula is C56H53BN2O. The molecule has 0 saturated heterocycles. The molecule has 1 aliphatic carbocycles. The Morgan fingerprint density at radius 2 is 1.27 bits per heavy atom. The Hall–Kier alpha value is -5.74. The predicted octanol–water partition coefficient (Wildman–Crippen LogP) is 14.0. The molecule has 4 heteroatoms. The van der Waals surface area contributed by atoms with Crippen molar-refractivity contribution in [3.05, 3.63) is 144 Å². The minimum absolute atomic E-state index is 0.0121. The van der Waals surface area contributed by atoms with E-state index in [1.165, 1.54) is 108 Å². The van der Waals surface area contributed by atoms with Gasteiger partial charge in [-0.3, -0.25) is 0 Å². The maximum absolute atomic E-state index is 6.82. The molecule has 2 atom stereocenters. The van der Waals surface area contributed by atoms with E-state index in [0.717, 1.165) is 17.6 Å². The van der Waals surface area contributed by atoms with Crippen LogP contribution < -0.4 is 20.6 Å². The number of rotatable bonds is 2. The molecule has 0 radical (unpaired) electrons. The van der Waals surface area contributed by atoms with Crippen LogP contribution in [0.5, 0.6) is 0 Å². The van der Waals surface area contributed by atoms with Crippen molar-refractivity contribution in [3.63, 3.8) is 0 Å². The molecule has 0 spiro atoms. The van der Waals surface area contributed by atoms with Gasteiger partial charge in [0.25, 0.3) is 0 Å². The van der Waals surface area contributed by atoms with Crippen molar-refractivity contribution in [2.75, 3.05) is 9.71 Å². The van der Waals surface area contributed by atoms with E-state index >= 15 is 0 Å². The third kappa shape index (κ3) is 4.63. The van der Waals surface area contributed by atoms with Crippen LogP contribution in [-0.2, 0) is 16.2 Å². The molecule has 2 unspecified atom stereocenters. The lowest BCUT2D eigenvalue weighted by Crippen LogP contribution is -2.70. The van der Waals surface area contributed by atoms with Crippen LogP contribution in [0.1, 0.15) is 97.8 Å². The fraction of sp³-hybridized carbons (Fsp3) is 0.286. The average Bonchev–Trinajstić information content (AvgIpc) is 3.72. The van der Waals surface area contributed by atoms with E-state index in [1.807, 2.05) is 0 Å². The van der Waals surface area contributed by atoms with Crippen molar-refractivity contribution in [2.45, 2.75) is 103 Å². The Morgan fingerprint density at radius 1 is 0.583 bits per heavy atom. The van der Waals surface area contributed by atoms with E-state index in [2.05, 4.69) is 192 Å². The molecule has 12 rings (SSSR count). The summed E-state index contributed by atoms with van der Waals surface area (Å²) in [6, 6.07) is 48.6. The first kappa shape index (κ1) is 36.1. The fourth-order valence-electron chi connectivity index (χ4n) is 12.1. The molecule has 1 aromatic heterocycles. The summed E-state index contributed by atoms with van der Waals surface area (Å²) in [5, 5.41) is 5.03. The molecule has 296 valence electrons. The van der Waals surface area contributed by atoms with Crippen LogP contribution in [0, 0.1) is 0 Å². The van der Waals surface area contributed by atoms with Crippen LogP contribution in [-0.4, -0.2) is 12.4 Å². The Bertz CT molecular complexity index is 3130. The number of furan rings is 1. The van der Waals surface area contributed by atoms with Gasteiger partial charge in [0.05, 0.1) is 5.69 Å². The van der Waals surface area contributed by atoms with Crippen molar-refractivity contribution < 1.29 is 4.42 Å². The third-order valence-electron chi connectivity index (χ3n) is 15.5. The van der Waals surface area contributed by atoms with Gasteiger partial charge in [0.15, 0.2) is 0 Å². The molecule has 8 aromatic rings. The number of fused-ring (bicyclic) bond motifs is 13. The molecular weight excluding hydrogens is 727 g/mol. The van der Waals surface area contributed by atoms with Gasteiger partial charge < -0.3 is 14.1 Å². The lowest BCUT2D eigenvalue weighted by molar-refractivity contribution is 0.199. The quantitative estimate of drug-likeness (QED) is 0.163. The SMILES string of the molecule is CC(C)(C)c1ccc(N2c3cc4ccccc4c4c3B(c3c2ccc2oc5ccccc5c32)N2c3c-4cc(C(C)(C)C)cc3C3(C)CCCCC23C)c(-c2ccccc2)c1. The molecule has 3 nitrogen and oxygen atoms in total. The highest BCUT2D eigenvalue weighted by Crippen LogP contribution is 2.64. The van der Waals surface area contributed by atoms with Crippen molar-refractivity contribution in [2.24, 2.45) is 0 Å². The Kier molecular flexibility index (Phi) is 7.21. The third-order valence-corrected chi connectivity index (χ3v) is 15.5. The summed E-state index contributed by atoms with van der Waals surface area (Å²) in [5.74, 6) is 0. The molecule has 7 aromatic carbocycles. The van der Waals surface area contributed by atoms with Crippen molar-refractivity contribution >= 4 is 73.2 Å². The molecule has 60 heavy (non-hydrogen) atoms. The first-order valence-electron chi connectivity index (χ1n) is 22.3. The first-order chi connectivity index (χ1) is 28.8.